The molecule has 0 aliphatic carbocycles. The summed E-state index contributed by atoms with van der Waals surface area (Å²) in [5.41, 5.74) is 0.942. The minimum atomic E-state index is 0.0332. The molecule has 0 aliphatic heterocycles. The Morgan fingerprint density at radius 2 is 2.17 bits per heavy atom. The number of hydrogen-bond donors (Lipinski definition) is 1. The van der Waals surface area contributed by atoms with Gasteiger partial charge >= 0.3 is 0 Å². The Kier molecular flexibility index (Phi) is 5.90. The lowest BCUT2D eigenvalue weighted by atomic mass is 10.2. The first kappa shape index (κ1) is 17.6. The van der Waals surface area contributed by atoms with E-state index >= 15 is 0 Å². The number of methoxy groups -OCH3 is 1. The van der Waals surface area contributed by atoms with Crippen molar-refractivity contribution in [2.75, 3.05) is 32.6 Å². The molecule has 0 radical (unpaired) electrons. The van der Waals surface area contributed by atoms with Gasteiger partial charge in [0.1, 0.15) is 17.0 Å². The van der Waals surface area contributed by atoms with Crippen LogP contribution >= 0.6 is 11.3 Å². The van der Waals surface area contributed by atoms with Crippen LogP contribution in [0.2, 0.25) is 0 Å². The summed E-state index contributed by atoms with van der Waals surface area (Å²) in [7, 11) is 3.52. The molecule has 0 saturated heterocycles. The number of aryl methyl sites for hydroxylation is 1. The highest BCUT2D eigenvalue weighted by atomic mass is 32.1. The van der Waals surface area contributed by atoms with Crippen molar-refractivity contribution in [2.24, 2.45) is 0 Å². The first-order chi connectivity index (χ1) is 11.0. The number of anilines is 1. The summed E-state index contributed by atoms with van der Waals surface area (Å²) in [4.78, 5) is 24.6. The average molecular weight is 336 g/mol. The maximum absolute atomic E-state index is 12.6. The molecule has 0 bridgehead atoms. The number of fused-ring (bicyclic) bond motifs is 1. The molecule has 0 spiro atoms. The van der Waals surface area contributed by atoms with Gasteiger partial charge < -0.3 is 15.0 Å². The van der Waals surface area contributed by atoms with Crippen LogP contribution in [0.1, 0.15) is 35.5 Å². The summed E-state index contributed by atoms with van der Waals surface area (Å²) in [6.07, 6.45) is 2.43. The van der Waals surface area contributed by atoms with Crippen LogP contribution in [0.4, 0.5) is 5.82 Å². The van der Waals surface area contributed by atoms with Gasteiger partial charge in [-0.1, -0.05) is 0 Å². The van der Waals surface area contributed by atoms with Gasteiger partial charge in [0.05, 0.1) is 10.3 Å². The van der Waals surface area contributed by atoms with Crippen LogP contribution in [-0.2, 0) is 4.74 Å². The van der Waals surface area contributed by atoms with Crippen LogP contribution in [0.3, 0.4) is 0 Å². The van der Waals surface area contributed by atoms with Gasteiger partial charge in [-0.25, -0.2) is 9.97 Å². The highest BCUT2D eigenvalue weighted by Gasteiger charge is 2.22. The smallest absolute Gasteiger partial charge is 0.264 e. The number of hydrogen-bond acceptors (Lipinski definition) is 6. The maximum Gasteiger partial charge on any atom is 0.264 e. The molecule has 0 aliphatic rings. The highest BCUT2D eigenvalue weighted by Crippen LogP contribution is 2.34. The number of amides is 1. The number of thiophene rings is 1. The van der Waals surface area contributed by atoms with E-state index in [1.54, 1.807) is 12.0 Å². The van der Waals surface area contributed by atoms with Crippen molar-refractivity contribution < 1.29 is 9.53 Å². The summed E-state index contributed by atoms with van der Waals surface area (Å²) >= 11 is 1.43. The van der Waals surface area contributed by atoms with Crippen molar-refractivity contribution in [3.05, 3.63) is 16.8 Å². The van der Waals surface area contributed by atoms with Gasteiger partial charge in [0.15, 0.2) is 0 Å². The highest BCUT2D eigenvalue weighted by molar-refractivity contribution is 7.20. The largest absolute Gasteiger partial charge is 0.385 e. The van der Waals surface area contributed by atoms with E-state index in [2.05, 4.69) is 15.3 Å². The van der Waals surface area contributed by atoms with Gasteiger partial charge in [0.25, 0.3) is 5.91 Å². The van der Waals surface area contributed by atoms with Crippen LogP contribution < -0.4 is 5.32 Å². The maximum atomic E-state index is 12.6. The van der Waals surface area contributed by atoms with E-state index in [1.165, 1.54) is 17.7 Å². The van der Waals surface area contributed by atoms with Crippen LogP contribution in [0, 0.1) is 6.92 Å². The Morgan fingerprint density at radius 3 is 2.83 bits per heavy atom. The fourth-order valence-electron chi connectivity index (χ4n) is 2.23. The number of ether oxygens (including phenoxy) is 1. The van der Waals surface area contributed by atoms with Gasteiger partial charge in [-0.05, 0) is 32.8 Å². The van der Waals surface area contributed by atoms with Crippen molar-refractivity contribution in [3.63, 3.8) is 0 Å². The lowest BCUT2D eigenvalue weighted by Crippen LogP contribution is -2.32. The second-order valence-corrected chi connectivity index (χ2v) is 6.74. The molecule has 126 valence electrons. The van der Waals surface area contributed by atoms with E-state index in [4.69, 9.17) is 4.74 Å². The van der Waals surface area contributed by atoms with Gasteiger partial charge in [-0.3, -0.25) is 4.79 Å². The van der Waals surface area contributed by atoms with E-state index in [1.807, 2.05) is 27.8 Å². The third-order valence-electron chi connectivity index (χ3n) is 3.83. The molecule has 0 fully saturated rings. The molecule has 2 rings (SSSR count). The molecule has 6 nitrogen and oxygen atoms in total. The lowest BCUT2D eigenvalue weighted by molar-refractivity contribution is 0.0759. The molecule has 0 aromatic carbocycles. The summed E-state index contributed by atoms with van der Waals surface area (Å²) < 4.78 is 5.05. The monoisotopic (exact) mass is 336 g/mol. The van der Waals surface area contributed by atoms with Crippen molar-refractivity contribution in [3.8, 4) is 0 Å². The molecule has 23 heavy (non-hydrogen) atoms. The Morgan fingerprint density at radius 1 is 1.43 bits per heavy atom. The fourth-order valence-corrected chi connectivity index (χ4v) is 3.36. The molecule has 2 aromatic heterocycles. The Labute approximate surface area is 140 Å². The molecule has 0 saturated carbocycles. The van der Waals surface area contributed by atoms with Gasteiger partial charge in [0.2, 0.25) is 0 Å². The van der Waals surface area contributed by atoms with Crippen molar-refractivity contribution in [1.82, 2.24) is 14.9 Å². The van der Waals surface area contributed by atoms with Crippen LogP contribution in [0.5, 0.6) is 0 Å². The predicted molar refractivity (Wildman–Crippen MR) is 94.4 cm³/mol. The van der Waals surface area contributed by atoms with Crippen molar-refractivity contribution in [2.45, 2.75) is 33.2 Å². The quantitative estimate of drug-likeness (QED) is 0.788. The Balaban J connectivity index is 2.33. The number of aromatic nitrogens is 2. The zero-order valence-corrected chi connectivity index (χ0v) is 15.2. The molecule has 7 heteroatoms. The molecular weight excluding hydrogens is 312 g/mol. The van der Waals surface area contributed by atoms with E-state index in [9.17, 15) is 4.79 Å². The van der Waals surface area contributed by atoms with Crippen molar-refractivity contribution in [1.29, 1.82) is 0 Å². The summed E-state index contributed by atoms with van der Waals surface area (Å²) in [6.45, 7) is 7.44. The number of carbonyl (C=O) groups is 1. The van der Waals surface area contributed by atoms with Gasteiger partial charge in [-0.15, -0.1) is 11.3 Å². The summed E-state index contributed by atoms with van der Waals surface area (Å²) in [5.74, 6) is 0.817. The first-order valence-electron chi connectivity index (χ1n) is 7.71. The average Bonchev–Trinajstić information content (AvgIpc) is 2.88. The summed E-state index contributed by atoms with van der Waals surface area (Å²) in [5, 5.41) is 4.26. The number of rotatable bonds is 7. The first-order valence-corrected chi connectivity index (χ1v) is 8.53. The van der Waals surface area contributed by atoms with E-state index < -0.39 is 0 Å². The predicted octanol–water partition coefficient (Wildman–Crippen LogP) is 2.93. The third kappa shape index (κ3) is 3.79. The van der Waals surface area contributed by atoms with Gasteiger partial charge in [-0.2, -0.15) is 0 Å². The molecule has 2 aromatic rings. The number of nitrogens with one attached hydrogen (secondary N) is 1. The molecule has 1 amide bonds. The molecule has 0 unspecified atom stereocenters. The van der Waals surface area contributed by atoms with E-state index in [-0.39, 0.29) is 11.9 Å². The third-order valence-corrected chi connectivity index (χ3v) is 5.02. The lowest BCUT2D eigenvalue weighted by Gasteiger charge is -2.20. The normalized spacial score (nSPS) is 11.2. The number of nitrogens with zero attached hydrogens (tertiary/aromatic N) is 3. The Hall–Kier alpha value is -1.73. The SMILES string of the molecule is COCCCNc1ncnc2sc(C(=O)N(C)C(C)C)c(C)c12. The molecule has 2 heterocycles. The second kappa shape index (κ2) is 7.70. The summed E-state index contributed by atoms with van der Waals surface area (Å²) in [6, 6.07) is 0.157. The molecule has 0 atom stereocenters. The minimum absolute atomic E-state index is 0.0332. The minimum Gasteiger partial charge on any atom is -0.385 e. The van der Waals surface area contributed by atoms with Crippen molar-refractivity contribution >= 4 is 33.3 Å². The zero-order valence-electron chi connectivity index (χ0n) is 14.3. The molecule has 1 N–H and O–H groups in total. The second-order valence-electron chi connectivity index (χ2n) is 5.74. The standard InChI is InChI=1S/C16H24N4O2S/c1-10(2)20(4)16(21)13-11(3)12-14(17-7-6-8-22-5)18-9-19-15(12)23-13/h9-10H,6-8H2,1-5H3,(H,17,18,19). The zero-order chi connectivity index (χ0) is 17.0. The van der Waals surface area contributed by atoms with E-state index in [0.29, 0.717) is 6.61 Å². The number of carbonyl (C=O) groups excluding carboxylic acids is 1. The molecular formula is C16H24N4O2S. The Bertz CT molecular complexity index is 684. The topological polar surface area (TPSA) is 67.3 Å². The van der Waals surface area contributed by atoms with Crippen LogP contribution in [-0.4, -0.2) is 54.1 Å². The van der Waals surface area contributed by atoms with E-state index in [0.717, 1.165) is 39.4 Å². The van der Waals surface area contributed by atoms with Gasteiger partial charge in [0, 0.05) is 33.4 Å². The van der Waals surface area contributed by atoms with Crippen LogP contribution in [0.15, 0.2) is 6.33 Å². The fraction of sp³-hybridized carbons (Fsp3) is 0.562. The van der Waals surface area contributed by atoms with Crippen LogP contribution in [0.25, 0.3) is 10.2 Å².